The van der Waals surface area contributed by atoms with Crippen LogP contribution < -0.4 is 0 Å². The molecule has 0 radical (unpaired) electrons. The van der Waals surface area contributed by atoms with Crippen molar-refractivity contribution in [3.05, 3.63) is 39.7 Å². The molecule has 0 saturated carbocycles. The van der Waals surface area contributed by atoms with Crippen LogP contribution in [0.1, 0.15) is 9.67 Å². The van der Waals surface area contributed by atoms with Crippen LogP contribution in [-0.4, -0.2) is 21.5 Å². The zero-order valence-corrected chi connectivity index (χ0v) is 14.1. The van der Waals surface area contributed by atoms with Gasteiger partial charge in [0.15, 0.2) is 0 Å². The lowest BCUT2D eigenvalue weighted by atomic mass is 10.2. The smallest absolute Gasteiger partial charge is 0.349 e. The van der Waals surface area contributed by atoms with E-state index in [0.717, 1.165) is 21.4 Å². The number of halogens is 2. The number of carbonyl (C=O) groups excluding carboxylic acids is 1. The molecule has 1 aromatic heterocycles. The Morgan fingerprint density at radius 1 is 1.35 bits per heavy atom. The van der Waals surface area contributed by atoms with Crippen LogP contribution >= 0.6 is 37.9 Å². The number of rotatable bonds is 3. The van der Waals surface area contributed by atoms with Gasteiger partial charge in [-0.25, -0.2) is 13.2 Å². The molecule has 0 fully saturated rings. The van der Waals surface area contributed by atoms with E-state index in [1.54, 1.807) is 0 Å². The second-order valence-corrected chi connectivity index (χ2v) is 8.25. The maximum absolute atomic E-state index is 11.6. The van der Waals surface area contributed by atoms with Gasteiger partial charge in [-0.15, -0.1) is 11.3 Å². The van der Waals surface area contributed by atoms with Gasteiger partial charge in [-0.3, -0.25) is 0 Å². The summed E-state index contributed by atoms with van der Waals surface area (Å²) in [5.41, 5.74) is 0.779. The minimum absolute atomic E-state index is 0.0301. The van der Waals surface area contributed by atoms with Gasteiger partial charge in [0.1, 0.15) is 9.77 Å². The number of thiophene rings is 1. The average molecular weight is 396 g/mol. The summed E-state index contributed by atoms with van der Waals surface area (Å²) in [6.45, 7) is 0. The van der Waals surface area contributed by atoms with Crippen LogP contribution in [0.4, 0.5) is 0 Å². The highest BCUT2D eigenvalue weighted by molar-refractivity contribution is 9.10. The number of ether oxygens (including phenoxy) is 1. The van der Waals surface area contributed by atoms with Crippen molar-refractivity contribution in [3.63, 3.8) is 0 Å². The van der Waals surface area contributed by atoms with E-state index in [2.05, 4.69) is 20.7 Å². The maximum Gasteiger partial charge on any atom is 0.349 e. The Hall–Kier alpha value is -0.890. The monoisotopic (exact) mass is 394 g/mol. The van der Waals surface area contributed by atoms with Crippen LogP contribution in [0.3, 0.4) is 0 Å². The van der Waals surface area contributed by atoms with E-state index >= 15 is 0 Å². The minimum atomic E-state index is -4.02. The molecule has 0 unspecified atom stereocenters. The Morgan fingerprint density at radius 3 is 2.60 bits per heavy atom. The number of esters is 1. The Kier molecular flexibility index (Phi) is 4.53. The van der Waals surface area contributed by atoms with Gasteiger partial charge in [0.05, 0.1) is 7.11 Å². The van der Waals surface area contributed by atoms with Gasteiger partial charge in [0.25, 0.3) is 9.05 Å². The van der Waals surface area contributed by atoms with E-state index in [-0.39, 0.29) is 9.77 Å². The number of benzene rings is 1. The van der Waals surface area contributed by atoms with E-state index in [1.165, 1.54) is 13.2 Å². The Labute approximate surface area is 132 Å². The van der Waals surface area contributed by atoms with Crippen molar-refractivity contribution in [2.45, 2.75) is 4.90 Å². The van der Waals surface area contributed by atoms with Gasteiger partial charge >= 0.3 is 5.97 Å². The van der Waals surface area contributed by atoms with Crippen LogP contribution in [0, 0.1) is 0 Å². The number of hydrogen-bond acceptors (Lipinski definition) is 5. The summed E-state index contributed by atoms with van der Waals surface area (Å²) in [5.74, 6) is -0.726. The molecular formula is C12H8BrClO4S2. The largest absolute Gasteiger partial charge is 0.465 e. The minimum Gasteiger partial charge on any atom is -0.465 e. The summed E-state index contributed by atoms with van der Waals surface area (Å²) < 4.78 is 28.5. The van der Waals surface area contributed by atoms with Crippen LogP contribution in [0.15, 0.2) is 39.7 Å². The summed E-state index contributed by atoms with van der Waals surface area (Å²) in [6.07, 6.45) is 0. The molecule has 1 heterocycles. The first-order chi connectivity index (χ1) is 9.32. The Morgan fingerprint density at radius 2 is 2.05 bits per heavy atom. The van der Waals surface area contributed by atoms with Crippen molar-refractivity contribution in [1.29, 1.82) is 0 Å². The molecule has 4 nitrogen and oxygen atoms in total. The van der Waals surface area contributed by atoms with Crippen molar-refractivity contribution >= 4 is 53.0 Å². The summed E-state index contributed by atoms with van der Waals surface area (Å²) in [4.78, 5) is 12.0. The van der Waals surface area contributed by atoms with Crippen molar-refractivity contribution < 1.29 is 17.9 Å². The third-order valence-corrected chi connectivity index (χ3v) is 5.57. The second kappa shape index (κ2) is 5.85. The average Bonchev–Trinajstić information content (AvgIpc) is 2.82. The van der Waals surface area contributed by atoms with Crippen LogP contribution in [0.5, 0.6) is 0 Å². The normalized spacial score (nSPS) is 11.3. The molecule has 0 spiro atoms. The van der Waals surface area contributed by atoms with Gasteiger partial charge < -0.3 is 4.74 Å². The highest BCUT2D eigenvalue weighted by Crippen LogP contribution is 2.36. The third kappa shape index (κ3) is 3.22. The zero-order valence-electron chi connectivity index (χ0n) is 10.1. The first kappa shape index (κ1) is 15.5. The predicted octanol–water partition coefficient (Wildman–Crippen LogP) is 3.89. The van der Waals surface area contributed by atoms with Gasteiger partial charge in [0.2, 0.25) is 0 Å². The number of methoxy groups -OCH3 is 1. The topological polar surface area (TPSA) is 60.4 Å². The van der Waals surface area contributed by atoms with Gasteiger partial charge in [-0.2, -0.15) is 0 Å². The van der Waals surface area contributed by atoms with Gasteiger partial charge in [-0.05, 0) is 23.8 Å². The van der Waals surface area contributed by atoms with E-state index in [0.29, 0.717) is 4.88 Å². The SMILES string of the molecule is COC(=O)c1sc(-c2cccc(Br)c2)cc1S(=O)(=O)Cl. The van der Waals surface area contributed by atoms with E-state index < -0.39 is 15.0 Å². The van der Waals surface area contributed by atoms with Crippen LogP contribution in [-0.2, 0) is 13.8 Å². The zero-order chi connectivity index (χ0) is 14.9. The summed E-state index contributed by atoms with van der Waals surface area (Å²) >= 11 is 4.36. The predicted molar refractivity (Wildman–Crippen MR) is 81.8 cm³/mol. The summed E-state index contributed by atoms with van der Waals surface area (Å²) in [6, 6.07) is 8.66. The molecule has 0 aliphatic carbocycles. The molecule has 8 heteroatoms. The fraction of sp³-hybridized carbons (Fsp3) is 0.0833. The molecular weight excluding hydrogens is 388 g/mol. The van der Waals surface area contributed by atoms with E-state index in [9.17, 15) is 13.2 Å². The molecule has 0 atom stereocenters. The van der Waals surface area contributed by atoms with Crippen molar-refractivity contribution in [3.8, 4) is 10.4 Å². The van der Waals surface area contributed by atoms with E-state index in [1.807, 2.05) is 24.3 Å². The Bertz CT molecular complexity index is 768. The fourth-order valence-electron chi connectivity index (χ4n) is 1.57. The molecule has 0 amide bonds. The molecule has 0 aliphatic heterocycles. The van der Waals surface area contributed by atoms with Gasteiger partial charge in [-0.1, -0.05) is 28.1 Å². The van der Waals surface area contributed by atoms with E-state index in [4.69, 9.17) is 10.7 Å². The number of carbonyl (C=O) groups is 1. The standard InChI is InChI=1S/C12H8BrClO4S2/c1-18-12(15)11-10(20(14,16)17)6-9(19-11)7-3-2-4-8(13)5-7/h2-6H,1H3. The molecule has 2 aromatic rings. The molecule has 0 N–H and O–H groups in total. The lowest BCUT2D eigenvalue weighted by Crippen LogP contribution is -2.03. The molecule has 1 aromatic carbocycles. The lowest BCUT2D eigenvalue weighted by molar-refractivity contribution is 0.0602. The fourth-order valence-corrected chi connectivity index (χ4v) is 4.54. The third-order valence-electron chi connectivity index (χ3n) is 2.44. The van der Waals surface area contributed by atoms with Crippen LogP contribution in [0.25, 0.3) is 10.4 Å². The van der Waals surface area contributed by atoms with Gasteiger partial charge in [0, 0.05) is 20.0 Å². The molecule has 106 valence electrons. The quantitative estimate of drug-likeness (QED) is 0.584. The number of hydrogen-bond donors (Lipinski definition) is 0. The Balaban J connectivity index is 2.63. The second-order valence-electron chi connectivity index (χ2n) is 3.74. The lowest BCUT2D eigenvalue weighted by Gasteiger charge is -1.97. The summed E-state index contributed by atoms with van der Waals surface area (Å²) in [7, 11) is 2.53. The molecule has 0 saturated heterocycles. The van der Waals surface area contributed by atoms with Crippen molar-refractivity contribution in [2.75, 3.05) is 7.11 Å². The van der Waals surface area contributed by atoms with Crippen molar-refractivity contribution in [1.82, 2.24) is 0 Å². The highest BCUT2D eigenvalue weighted by atomic mass is 79.9. The maximum atomic E-state index is 11.6. The first-order valence-electron chi connectivity index (χ1n) is 5.25. The molecule has 2 rings (SSSR count). The molecule has 20 heavy (non-hydrogen) atoms. The first-order valence-corrected chi connectivity index (χ1v) is 9.17. The molecule has 0 bridgehead atoms. The highest BCUT2D eigenvalue weighted by Gasteiger charge is 2.25. The van der Waals surface area contributed by atoms with Crippen molar-refractivity contribution in [2.24, 2.45) is 0 Å². The van der Waals surface area contributed by atoms with Crippen LogP contribution in [0.2, 0.25) is 0 Å². The summed E-state index contributed by atoms with van der Waals surface area (Å²) in [5, 5.41) is 0. The molecule has 0 aliphatic rings.